The molecule has 0 spiro atoms. The summed E-state index contributed by atoms with van der Waals surface area (Å²) in [4.78, 5) is 18.2. The molecule has 1 amide bonds. The largest absolute Gasteiger partial charge is 0.387 e. The van der Waals surface area contributed by atoms with Crippen LogP contribution in [0.1, 0.15) is 36.3 Å². The molecule has 1 rings (SSSR count). The Morgan fingerprint density at radius 3 is 2.76 bits per heavy atom. The van der Waals surface area contributed by atoms with E-state index in [2.05, 4.69) is 17.2 Å². The van der Waals surface area contributed by atoms with Gasteiger partial charge in [0.15, 0.2) is 0 Å². The second-order valence-electron chi connectivity index (χ2n) is 4.29. The number of nitrogens with one attached hydrogen (secondary N) is 1. The summed E-state index contributed by atoms with van der Waals surface area (Å²) in [5, 5.41) is 3.04. The molecule has 0 fully saturated rings. The molecule has 0 bridgehead atoms. The van der Waals surface area contributed by atoms with Gasteiger partial charge in [-0.25, -0.2) is 0 Å². The van der Waals surface area contributed by atoms with Gasteiger partial charge >= 0.3 is 0 Å². The molecule has 4 heteroatoms. The minimum Gasteiger partial charge on any atom is -0.387 e. The Bertz CT molecular complexity index is 404. The second kappa shape index (κ2) is 5.66. The zero-order chi connectivity index (χ0) is 13.0. The molecular weight excluding hydrogens is 214 g/mol. The van der Waals surface area contributed by atoms with Crippen LogP contribution in [0, 0.1) is 6.92 Å². The highest BCUT2D eigenvalue weighted by molar-refractivity contribution is 5.99. The highest BCUT2D eigenvalue weighted by Crippen LogP contribution is 2.18. The van der Waals surface area contributed by atoms with E-state index in [-0.39, 0.29) is 11.9 Å². The first kappa shape index (κ1) is 13.5. The Balaban J connectivity index is 3.03. The fourth-order valence-corrected chi connectivity index (χ4v) is 1.60. The van der Waals surface area contributed by atoms with Crippen LogP contribution >= 0.6 is 0 Å². The fourth-order valence-electron chi connectivity index (χ4n) is 1.60. The van der Waals surface area contributed by atoms with Crippen LogP contribution in [0.25, 0.3) is 0 Å². The predicted molar refractivity (Wildman–Crippen MR) is 70.4 cm³/mol. The van der Waals surface area contributed by atoms with Crippen molar-refractivity contribution in [3.63, 3.8) is 0 Å². The van der Waals surface area contributed by atoms with E-state index in [4.69, 9.17) is 0 Å². The lowest BCUT2D eigenvalue weighted by molar-refractivity contribution is 0.0741. The molecule has 0 radical (unpaired) electrons. The lowest BCUT2D eigenvalue weighted by atomic mass is 10.1. The Kier molecular flexibility index (Phi) is 4.49. The molecule has 0 aliphatic rings. The molecule has 1 heterocycles. The molecule has 0 aromatic carbocycles. The van der Waals surface area contributed by atoms with Crippen molar-refractivity contribution in [3.05, 3.63) is 23.5 Å². The number of carbonyl (C=O) groups is 1. The predicted octanol–water partition coefficient (Wildman–Crippen LogP) is 2.30. The van der Waals surface area contributed by atoms with E-state index >= 15 is 0 Å². The van der Waals surface area contributed by atoms with Gasteiger partial charge in [-0.05, 0) is 26.3 Å². The Morgan fingerprint density at radius 1 is 1.59 bits per heavy atom. The highest BCUT2D eigenvalue weighted by atomic mass is 16.2. The van der Waals surface area contributed by atoms with E-state index in [0.29, 0.717) is 5.56 Å². The average Bonchev–Trinajstić information content (AvgIpc) is 2.35. The van der Waals surface area contributed by atoms with Crippen molar-refractivity contribution in [1.29, 1.82) is 0 Å². The molecule has 0 saturated carbocycles. The number of amides is 1. The SMILES string of the molecule is CCC(C)N(C)C(=O)c1cnc(C)cc1NC. The summed E-state index contributed by atoms with van der Waals surface area (Å²) >= 11 is 0. The van der Waals surface area contributed by atoms with Crippen molar-refractivity contribution in [2.75, 3.05) is 19.4 Å². The molecule has 17 heavy (non-hydrogen) atoms. The van der Waals surface area contributed by atoms with Crippen LogP contribution in [0.15, 0.2) is 12.3 Å². The third-order valence-electron chi connectivity index (χ3n) is 3.11. The average molecular weight is 235 g/mol. The van der Waals surface area contributed by atoms with Gasteiger partial charge in [0, 0.05) is 32.0 Å². The maximum absolute atomic E-state index is 12.3. The van der Waals surface area contributed by atoms with Crippen molar-refractivity contribution in [2.24, 2.45) is 0 Å². The van der Waals surface area contributed by atoms with Crippen LogP contribution in [0.3, 0.4) is 0 Å². The van der Waals surface area contributed by atoms with Gasteiger partial charge < -0.3 is 10.2 Å². The minimum atomic E-state index is 0.0104. The Morgan fingerprint density at radius 2 is 2.24 bits per heavy atom. The molecule has 1 aromatic heterocycles. The van der Waals surface area contributed by atoms with Crippen molar-refractivity contribution in [3.8, 4) is 0 Å². The first-order valence-electron chi connectivity index (χ1n) is 5.92. The quantitative estimate of drug-likeness (QED) is 0.871. The second-order valence-corrected chi connectivity index (χ2v) is 4.29. The highest BCUT2D eigenvalue weighted by Gasteiger charge is 2.19. The summed E-state index contributed by atoms with van der Waals surface area (Å²) in [7, 11) is 3.64. The molecular formula is C13H21N3O. The first-order valence-corrected chi connectivity index (χ1v) is 5.92. The molecule has 0 aliphatic carbocycles. The summed E-state index contributed by atoms with van der Waals surface area (Å²) < 4.78 is 0. The van der Waals surface area contributed by atoms with Gasteiger partial charge in [-0.3, -0.25) is 9.78 Å². The van der Waals surface area contributed by atoms with Gasteiger partial charge in [-0.1, -0.05) is 6.92 Å². The minimum absolute atomic E-state index is 0.0104. The number of hydrogen-bond acceptors (Lipinski definition) is 3. The molecule has 1 unspecified atom stereocenters. The zero-order valence-electron chi connectivity index (χ0n) is 11.2. The first-order chi connectivity index (χ1) is 8.01. The van der Waals surface area contributed by atoms with Crippen molar-refractivity contribution in [1.82, 2.24) is 9.88 Å². The number of carbonyl (C=O) groups excluding carboxylic acids is 1. The number of nitrogens with zero attached hydrogens (tertiary/aromatic N) is 2. The molecule has 0 saturated heterocycles. The summed E-state index contributed by atoms with van der Waals surface area (Å²) in [6, 6.07) is 2.12. The molecule has 4 nitrogen and oxygen atoms in total. The van der Waals surface area contributed by atoms with Crippen LogP contribution in [0.5, 0.6) is 0 Å². The number of aryl methyl sites for hydroxylation is 1. The molecule has 1 N–H and O–H groups in total. The summed E-state index contributed by atoms with van der Waals surface area (Å²) in [6.07, 6.45) is 2.58. The monoisotopic (exact) mass is 235 g/mol. The van der Waals surface area contributed by atoms with Crippen LogP contribution in [0.4, 0.5) is 5.69 Å². The smallest absolute Gasteiger partial charge is 0.257 e. The maximum atomic E-state index is 12.3. The molecule has 1 atom stereocenters. The van der Waals surface area contributed by atoms with E-state index in [9.17, 15) is 4.79 Å². The zero-order valence-corrected chi connectivity index (χ0v) is 11.2. The number of anilines is 1. The number of pyridine rings is 1. The summed E-state index contributed by atoms with van der Waals surface area (Å²) in [5.74, 6) is 0.0104. The van der Waals surface area contributed by atoms with Crippen LogP contribution in [-0.2, 0) is 0 Å². The number of hydrogen-bond donors (Lipinski definition) is 1. The van der Waals surface area contributed by atoms with Gasteiger partial charge in [0.05, 0.1) is 11.3 Å². The summed E-state index contributed by atoms with van der Waals surface area (Å²) in [6.45, 7) is 6.02. The maximum Gasteiger partial charge on any atom is 0.257 e. The van der Waals surface area contributed by atoms with E-state index in [0.717, 1.165) is 17.8 Å². The lowest BCUT2D eigenvalue weighted by Crippen LogP contribution is -2.35. The van der Waals surface area contributed by atoms with Crippen LogP contribution in [0.2, 0.25) is 0 Å². The lowest BCUT2D eigenvalue weighted by Gasteiger charge is -2.24. The van der Waals surface area contributed by atoms with Crippen molar-refractivity contribution >= 4 is 11.6 Å². The molecule has 94 valence electrons. The van der Waals surface area contributed by atoms with Crippen LogP contribution < -0.4 is 5.32 Å². The van der Waals surface area contributed by atoms with E-state index in [1.807, 2.05) is 34.0 Å². The van der Waals surface area contributed by atoms with Gasteiger partial charge in [0.25, 0.3) is 5.91 Å². The van der Waals surface area contributed by atoms with Gasteiger partial charge in [-0.15, -0.1) is 0 Å². The van der Waals surface area contributed by atoms with Crippen molar-refractivity contribution in [2.45, 2.75) is 33.2 Å². The number of rotatable bonds is 4. The van der Waals surface area contributed by atoms with Crippen LogP contribution in [-0.4, -0.2) is 35.9 Å². The van der Waals surface area contributed by atoms with Gasteiger partial charge in [0.2, 0.25) is 0 Å². The topological polar surface area (TPSA) is 45.2 Å². The van der Waals surface area contributed by atoms with E-state index < -0.39 is 0 Å². The third-order valence-corrected chi connectivity index (χ3v) is 3.11. The number of aromatic nitrogens is 1. The molecule has 1 aromatic rings. The fraction of sp³-hybridized carbons (Fsp3) is 0.538. The van der Waals surface area contributed by atoms with E-state index in [1.54, 1.807) is 11.1 Å². The van der Waals surface area contributed by atoms with E-state index in [1.165, 1.54) is 0 Å². The van der Waals surface area contributed by atoms with Crippen molar-refractivity contribution < 1.29 is 4.79 Å². The standard InChI is InChI=1S/C13H21N3O/c1-6-10(3)16(5)13(17)11-8-15-9(2)7-12(11)14-4/h7-8,10H,6H2,1-5H3,(H,14,15). The summed E-state index contributed by atoms with van der Waals surface area (Å²) in [5.41, 5.74) is 2.36. The molecule has 0 aliphatic heterocycles. The normalized spacial score (nSPS) is 12.1. The Hall–Kier alpha value is -1.58. The Labute approximate surface area is 103 Å². The van der Waals surface area contributed by atoms with Gasteiger partial charge in [0.1, 0.15) is 0 Å². The van der Waals surface area contributed by atoms with Gasteiger partial charge in [-0.2, -0.15) is 0 Å². The third kappa shape index (κ3) is 2.96.